The normalized spacial score (nSPS) is 12.4. The van der Waals surface area contributed by atoms with E-state index in [1.807, 2.05) is 6.20 Å². The quantitative estimate of drug-likeness (QED) is 0.259. The lowest BCUT2D eigenvalue weighted by Gasteiger charge is -2.28. The lowest BCUT2D eigenvalue weighted by molar-refractivity contribution is 0.508. The molecule has 0 spiro atoms. The molecule has 0 aliphatic heterocycles. The predicted octanol–water partition coefficient (Wildman–Crippen LogP) is 4.48. The molecule has 3 aromatic carbocycles. The van der Waals surface area contributed by atoms with Gasteiger partial charge in [-0.3, -0.25) is 0 Å². The number of rotatable bonds is 7. The van der Waals surface area contributed by atoms with Crippen LogP contribution in [-0.4, -0.2) is 20.7 Å². The van der Waals surface area contributed by atoms with Crippen molar-refractivity contribution >= 4 is 35.6 Å². The average molecular weight is 404 g/mol. The van der Waals surface area contributed by atoms with Gasteiger partial charge in [0.2, 0.25) is 0 Å². The first-order valence-electron chi connectivity index (χ1n) is 9.48. The summed E-state index contributed by atoms with van der Waals surface area (Å²) in [5.74, 6) is 1.01. The topological polar surface area (TPSA) is 30.7 Å². The summed E-state index contributed by atoms with van der Waals surface area (Å²) < 4.78 is 2.05. The zero-order valence-electron chi connectivity index (χ0n) is 16.1. The van der Waals surface area contributed by atoms with Crippen molar-refractivity contribution in [3.8, 4) is 0 Å². The Labute approximate surface area is 171 Å². The molecule has 4 rings (SSSR count). The summed E-state index contributed by atoms with van der Waals surface area (Å²) >= 11 is 1.78. The molecule has 5 heteroatoms. The Balaban J connectivity index is 1.80. The molecule has 4 aromatic rings. The van der Waals surface area contributed by atoms with E-state index in [1.54, 1.807) is 11.8 Å². The van der Waals surface area contributed by atoms with Crippen molar-refractivity contribution in [3.05, 3.63) is 90.6 Å². The van der Waals surface area contributed by atoms with Crippen LogP contribution in [0, 0.1) is 0 Å². The van der Waals surface area contributed by atoms with E-state index >= 15 is 0 Å². The fourth-order valence-corrected chi connectivity index (χ4v) is 6.74. The first kappa shape index (κ1) is 19.0. The molecule has 0 fully saturated rings. The summed E-state index contributed by atoms with van der Waals surface area (Å²) in [7, 11) is -0.624. The molecule has 3 nitrogen and oxygen atoms in total. The van der Waals surface area contributed by atoms with Crippen LogP contribution in [0.25, 0.3) is 0 Å². The Hall–Kier alpha value is -2.29. The molecule has 0 aliphatic carbocycles. The van der Waals surface area contributed by atoms with Crippen molar-refractivity contribution in [2.45, 2.75) is 24.9 Å². The Morgan fingerprint density at radius 3 is 2.25 bits per heavy atom. The molecule has 0 saturated heterocycles. The van der Waals surface area contributed by atoms with Crippen LogP contribution >= 0.6 is 19.7 Å². The van der Waals surface area contributed by atoms with Gasteiger partial charge >= 0.3 is 0 Å². The molecule has 0 radical (unpaired) electrons. The molecule has 0 saturated carbocycles. The van der Waals surface area contributed by atoms with E-state index in [0.717, 1.165) is 10.8 Å². The first-order valence-corrected chi connectivity index (χ1v) is 11.8. The smallest absolute Gasteiger partial charge is 0.114 e. The van der Waals surface area contributed by atoms with Crippen LogP contribution in [0.3, 0.4) is 0 Å². The molecular formula is C23H23N3PS-. The summed E-state index contributed by atoms with van der Waals surface area (Å²) in [6.45, 7) is 4.38. The highest BCUT2D eigenvalue weighted by atomic mass is 32.2. The molecule has 142 valence electrons. The lowest BCUT2D eigenvalue weighted by atomic mass is 10.2. The fourth-order valence-electron chi connectivity index (χ4n) is 3.45. The van der Waals surface area contributed by atoms with E-state index in [0.29, 0.717) is 0 Å². The highest BCUT2D eigenvalue weighted by Gasteiger charge is 2.19. The van der Waals surface area contributed by atoms with Gasteiger partial charge < -0.3 is 0 Å². The van der Waals surface area contributed by atoms with Gasteiger partial charge in [0, 0.05) is 6.04 Å². The third-order valence-electron chi connectivity index (χ3n) is 4.75. The Bertz CT molecular complexity index is 971. The van der Waals surface area contributed by atoms with E-state index in [9.17, 15) is 0 Å². The van der Waals surface area contributed by atoms with E-state index in [2.05, 4.69) is 108 Å². The molecule has 0 aliphatic rings. The van der Waals surface area contributed by atoms with Crippen LogP contribution < -0.4 is 15.9 Å². The molecule has 28 heavy (non-hydrogen) atoms. The second-order valence-electron chi connectivity index (χ2n) is 6.50. The van der Waals surface area contributed by atoms with E-state index < -0.39 is 7.92 Å². The number of hydrogen-bond acceptors (Lipinski definition) is 3. The van der Waals surface area contributed by atoms with Gasteiger partial charge in [-0.2, -0.15) is 17.7 Å². The highest BCUT2D eigenvalue weighted by molar-refractivity contribution is 7.99. The number of benzene rings is 2. The van der Waals surface area contributed by atoms with Gasteiger partial charge in [-0.25, -0.2) is 10.7 Å². The lowest BCUT2D eigenvalue weighted by Crippen LogP contribution is -2.24. The number of thioether (sulfide) groups is 1. The molecule has 1 heterocycles. The minimum atomic E-state index is -0.624. The van der Waals surface area contributed by atoms with Crippen LogP contribution in [0.15, 0.2) is 90.1 Å². The monoisotopic (exact) mass is 404 g/mol. The molecule has 0 N–H and O–H groups in total. The number of aromatic nitrogens is 3. The molecule has 0 amide bonds. The van der Waals surface area contributed by atoms with Crippen molar-refractivity contribution in [2.24, 2.45) is 0 Å². The molecule has 0 unspecified atom stereocenters. The van der Waals surface area contributed by atoms with Gasteiger partial charge in [0.1, 0.15) is 5.03 Å². The standard InChI is InChI=1S/C23H23N3PS/c1-3-28-23-17-24-25-26(23)18(2)21-15-10-16-22(21)27(19-11-6-4-7-12-19)20-13-8-5-9-14-20/h4-18H,3H2,1-2H3/q-1/t18-/m1/s1. The minimum absolute atomic E-state index is 0.138. The maximum absolute atomic E-state index is 4.39. The van der Waals surface area contributed by atoms with E-state index in [4.69, 9.17) is 0 Å². The summed E-state index contributed by atoms with van der Waals surface area (Å²) in [5.41, 5.74) is 1.32. The average Bonchev–Trinajstić information content (AvgIpc) is 3.40. The third kappa shape index (κ3) is 3.80. The van der Waals surface area contributed by atoms with Crippen molar-refractivity contribution in [1.82, 2.24) is 15.0 Å². The van der Waals surface area contributed by atoms with Crippen LogP contribution in [0.5, 0.6) is 0 Å². The second kappa shape index (κ2) is 8.81. The van der Waals surface area contributed by atoms with Gasteiger partial charge in [0.15, 0.2) is 0 Å². The number of nitrogens with zero attached hydrogens (tertiary/aromatic N) is 3. The third-order valence-corrected chi connectivity index (χ3v) is 8.14. The van der Waals surface area contributed by atoms with Crippen LogP contribution in [-0.2, 0) is 0 Å². The summed E-state index contributed by atoms with van der Waals surface area (Å²) in [6.07, 6.45) is 1.87. The van der Waals surface area contributed by atoms with Crippen molar-refractivity contribution in [1.29, 1.82) is 0 Å². The maximum Gasteiger partial charge on any atom is 0.114 e. The fraction of sp³-hybridized carbons (Fsp3) is 0.174. The summed E-state index contributed by atoms with van der Waals surface area (Å²) in [6, 6.07) is 28.5. The SMILES string of the molecule is CCSc1cnnn1[C@H](C)c1cc[cH-]c1P(c1ccccc1)c1ccccc1. The summed E-state index contributed by atoms with van der Waals surface area (Å²) in [5, 5.41) is 13.8. The first-order chi connectivity index (χ1) is 13.8. The van der Waals surface area contributed by atoms with Crippen LogP contribution in [0.2, 0.25) is 0 Å². The zero-order valence-corrected chi connectivity index (χ0v) is 17.8. The van der Waals surface area contributed by atoms with Gasteiger partial charge in [0.05, 0.1) is 6.20 Å². The van der Waals surface area contributed by atoms with Gasteiger partial charge in [-0.15, -0.1) is 22.2 Å². The predicted molar refractivity (Wildman–Crippen MR) is 121 cm³/mol. The van der Waals surface area contributed by atoms with Crippen LogP contribution in [0.1, 0.15) is 25.5 Å². The Morgan fingerprint density at radius 1 is 1.00 bits per heavy atom. The largest absolute Gasteiger partial charge is 0.244 e. The van der Waals surface area contributed by atoms with E-state index in [1.165, 1.54) is 21.5 Å². The van der Waals surface area contributed by atoms with Crippen molar-refractivity contribution in [3.63, 3.8) is 0 Å². The van der Waals surface area contributed by atoms with E-state index in [-0.39, 0.29) is 6.04 Å². The van der Waals surface area contributed by atoms with Gasteiger partial charge in [0.25, 0.3) is 0 Å². The second-order valence-corrected chi connectivity index (χ2v) is 9.97. The van der Waals surface area contributed by atoms with Crippen molar-refractivity contribution < 1.29 is 0 Å². The maximum atomic E-state index is 4.39. The molecular weight excluding hydrogens is 381 g/mol. The Kier molecular flexibility index (Phi) is 5.99. The minimum Gasteiger partial charge on any atom is -0.244 e. The van der Waals surface area contributed by atoms with Crippen LogP contribution in [0.4, 0.5) is 0 Å². The highest BCUT2D eigenvalue weighted by Crippen LogP contribution is 2.37. The molecule has 0 bridgehead atoms. The van der Waals surface area contributed by atoms with Crippen molar-refractivity contribution in [2.75, 3.05) is 5.75 Å². The van der Waals surface area contributed by atoms with Gasteiger partial charge in [-0.1, -0.05) is 79.7 Å². The Morgan fingerprint density at radius 2 is 1.64 bits per heavy atom. The zero-order chi connectivity index (χ0) is 19.3. The number of hydrogen-bond donors (Lipinski definition) is 0. The molecule has 1 aromatic heterocycles. The summed E-state index contributed by atoms with van der Waals surface area (Å²) in [4.78, 5) is 0. The molecule has 1 atom stereocenters. The van der Waals surface area contributed by atoms with Gasteiger partial charge in [-0.05, 0) is 24.3 Å².